The number of piperazine rings is 2. The number of fused-ring (bicyclic) bond motifs is 1. The molecule has 1 aromatic carbocycles. The van der Waals surface area contributed by atoms with Crippen molar-refractivity contribution >= 4 is 21.1 Å². The Bertz CT molecular complexity index is 1540. The molecule has 12 nitrogen and oxygen atoms in total. The lowest BCUT2D eigenvalue weighted by atomic mass is 10.1. The number of benzene rings is 1. The van der Waals surface area contributed by atoms with Crippen LogP contribution in [0.1, 0.15) is 32.4 Å². The Labute approximate surface area is 248 Å². The van der Waals surface area contributed by atoms with E-state index in [0.29, 0.717) is 61.7 Å². The van der Waals surface area contributed by atoms with Crippen LogP contribution < -0.4 is 10.3 Å². The molecule has 0 saturated carbocycles. The van der Waals surface area contributed by atoms with Gasteiger partial charge in [-0.05, 0) is 45.1 Å². The first-order valence-electron chi connectivity index (χ1n) is 15.1. The number of nitrogens with zero attached hydrogens (tertiary/aromatic N) is 7. The van der Waals surface area contributed by atoms with Gasteiger partial charge in [-0.1, -0.05) is 20.3 Å². The molecule has 2 saturated heterocycles. The second-order valence-electron chi connectivity index (χ2n) is 11.4. The van der Waals surface area contributed by atoms with Crippen LogP contribution in [0.4, 0.5) is 0 Å². The first-order valence-corrected chi connectivity index (χ1v) is 16.5. The van der Waals surface area contributed by atoms with E-state index in [0.717, 1.165) is 57.7 Å². The first kappa shape index (κ1) is 30.6. The summed E-state index contributed by atoms with van der Waals surface area (Å²) in [6, 6.07) is 4.84. The Morgan fingerprint density at radius 2 is 1.60 bits per heavy atom. The highest BCUT2D eigenvalue weighted by atomic mass is 32.2. The molecule has 0 atom stereocenters. The highest BCUT2D eigenvalue weighted by molar-refractivity contribution is 7.89. The van der Waals surface area contributed by atoms with Crippen LogP contribution in [0.25, 0.3) is 22.4 Å². The Morgan fingerprint density at radius 3 is 2.26 bits per heavy atom. The molecular formula is C29H44N8O4S. The van der Waals surface area contributed by atoms with E-state index in [4.69, 9.17) is 14.8 Å². The van der Waals surface area contributed by atoms with Gasteiger partial charge in [0.1, 0.15) is 17.1 Å². The number of hydrogen-bond acceptors (Lipinski definition) is 9. The summed E-state index contributed by atoms with van der Waals surface area (Å²) in [5.41, 5.74) is 1.89. The third-order valence-corrected chi connectivity index (χ3v) is 10.1. The van der Waals surface area contributed by atoms with Crippen molar-refractivity contribution in [3.05, 3.63) is 34.2 Å². The first-order chi connectivity index (χ1) is 20.2. The van der Waals surface area contributed by atoms with Crippen molar-refractivity contribution in [2.24, 2.45) is 0 Å². The summed E-state index contributed by atoms with van der Waals surface area (Å²) in [4.78, 5) is 28.2. The number of sulfonamides is 1. The van der Waals surface area contributed by atoms with Crippen LogP contribution in [0.3, 0.4) is 0 Å². The number of nitrogens with one attached hydrogen (secondary N) is 1. The van der Waals surface area contributed by atoms with E-state index in [9.17, 15) is 13.2 Å². The van der Waals surface area contributed by atoms with Crippen LogP contribution in [-0.4, -0.2) is 127 Å². The number of aromatic amines is 1. The van der Waals surface area contributed by atoms with Gasteiger partial charge >= 0.3 is 0 Å². The molecule has 2 aliphatic rings. The molecule has 2 aliphatic heterocycles. The molecule has 2 aromatic heterocycles. The zero-order chi connectivity index (χ0) is 29.9. The minimum absolute atomic E-state index is 0.158. The maximum Gasteiger partial charge on any atom is 0.279 e. The second-order valence-corrected chi connectivity index (χ2v) is 13.3. The van der Waals surface area contributed by atoms with E-state index in [1.54, 1.807) is 18.2 Å². The van der Waals surface area contributed by atoms with E-state index in [1.807, 2.05) is 18.7 Å². The number of H-pyrrole nitrogens is 1. The molecule has 42 heavy (non-hydrogen) atoms. The fourth-order valence-electron chi connectivity index (χ4n) is 5.54. The largest absolute Gasteiger partial charge is 0.493 e. The standard InChI is InChI=1S/C29H44N8O4S/c1-5-7-24-26-27(32-37(24)19-16-35-14-10-33(3)11-15-35)29(38)31-28(30-26)23-21-22(8-9-25(23)41-20-6-2)42(39,40)36-17-12-34(4)13-18-36/h8-9,21H,5-7,10-20H2,1-4H3,(H,30,31,38). The molecule has 3 aromatic rings. The summed E-state index contributed by atoms with van der Waals surface area (Å²) in [7, 11) is 0.396. The fraction of sp³-hybridized carbons (Fsp3) is 0.621. The molecule has 0 aliphatic carbocycles. The van der Waals surface area contributed by atoms with Crippen LogP contribution in [0, 0.1) is 0 Å². The topological polar surface area (TPSA) is 120 Å². The van der Waals surface area contributed by atoms with Gasteiger partial charge < -0.3 is 19.5 Å². The molecule has 230 valence electrons. The Morgan fingerprint density at radius 1 is 0.905 bits per heavy atom. The predicted molar refractivity (Wildman–Crippen MR) is 164 cm³/mol. The summed E-state index contributed by atoms with van der Waals surface area (Å²) in [6.07, 6.45) is 2.39. The molecule has 0 unspecified atom stereocenters. The van der Waals surface area contributed by atoms with Gasteiger partial charge in [0, 0.05) is 58.9 Å². The van der Waals surface area contributed by atoms with Crippen molar-refractivity contribution in [2.45, 2.75) is 44.6 Å². The molecule has 0 radical (unpaired) electrons. The van der Waals surface area contributed by atoms with E-state index in [2.05, 4.69) is 33.7 Å². The average Bonchev–Trinajstić information content (AvgIpc) is 3.33. The van der Waals surface area contributed by atoms with E-state index < -0.39 is 10.0 Å². The van der Waals surface area contributed by atoms with E-state index >= 15 is 0 Å². The molecule has 0 amide bonds. The van der Waals surface area contributed by atoms with Crippen LogP contribution in [0.5, 0.6) is 5.75 Å². The van der Waals surface area contributed by atoms with Crippen LogP contribution >= 0.6 is 0 Å². The van der Waals surface area contributed by atoms with Crippen LogP contribution in [0.15, 0.2) is 27.9 Å². The number of likely N-dealkylation sites (N-methyl/N-ethyl adjacent to an activating group) is 2. The number of ether oxygens (including phenoxy) is 1. The zero-order valence-corrected chi connectivity index (χ0v) is 26.1. The summed E-state index contributed by atoms with van der Waals surface area (Å²) in [5.74, 6) is 0.765. The van der Waals surface area contributed by atoms with E-state index in [1.165, 1.54) is 4.31 Å². The van der Waals surface area contributed by atoms with Gasteiger partial charge in [-0.15, -0.1) is 0 Å². The Kier molecular flexibility index (Phi) is 9.63. The van der Waals surface area contributed by atoms with Crippen molar-refractivity contribution in [1.82, 2.24) is 38.8 Å². The van der Waals surface area contributed by atoms with Crippen molar-refractivity contribution in [3.8, 4) is 17.1 Å². The zero-order valence-electron chi connectivity index (χ0n) is 25.3. The molecule has 5 rings (SSSR count). The third kappa shape index (κ3) is 6.55. The Hall–Kier alpha value is -2.84. The average molecular weight is 601 g/mol. The maximum absolute atomic E-state index is 13.6. The number of aryl methyl sites for hydroxylation is 1. The lowest BCUT2D eigenvalue weighted by molar-refractivity contribution is 0.148. The van der Waals surface area contributed by atoms with Crippen molar-refractivity contribution in [2.75, 3.05) is 79.6 Å². The fourth-order valence-corrected chi connectivity index (χ4v) is 6.99. The molecular weight excluding hydrogens is 556 g/mol. The maximum atomic E-state index is 13.6. The van der Waals surface area contributed by atoms with Gasteiger partial charge in [0.15, 0.2) is 5.52 Å². The van der Waals surface area contributed by atoms with Crippen molar-refractivity contribution in [3.63, 3.8) is 0 Å². The summed E-state index contributed by atoms with van der Waals surface area (Å²) in [5, 5.41) is 4.70. The SMILES string of the molecule is CCCOc1ccc(S(=O)(=O)N2CCN(C)CC2)cc1-c1nc2c(CCC)n(CCN3CCN(C)CC3)nc2c(=O)[nH]1. The molecule has 0 spiro atoms. The quantitative estimate of drug-likeness (QED) is 0.351. The smallest absolute Gasteiger partial charge is 0.279 e. The number of aromatic nitrogens is 4. The highest BCUT2D eigenvalue weighted by Gasteiger charge is 2.29. The predicted octanol–water partition coefficient (Wildman–Crippen LogP) is 1.71. The highest BCUT2D eigenvalue weighted by Crippen LogP contribution is 2.32. The molecule has 0 bridgehead atoms. The van der Waals surface area contributed by atoms with Crippen molar-refractivity contribution in [1.29, 1.82) is 0 Å². The molecule has 2 fully saturated rings. The minimum atomic E-state index is -3.73. The monoisotopic (exact) mass is 600 g/mol. The Balaban J connectivity index is 1.53. The van der Waals surface area contributed by atoms with Gasteiger partial charge in [0.2, 0.25) is 10.0 Å². The summed E-state index contributed by atoms with van der Waals surface area (Å²) < 4.78 is 36.7. The normalized spacial score (nSPS) is 18.2. The lowest BCUT2D eigenvalue weighted by Gasteiger charge is -2.32. The van der Waals surface area contributed by atoms with Gasteiger partial charge in [0.25, 0.3) is 5.56 Å². The number of rotatable bonds is 11. The van der Waals surface area contributed by atoms with Crippen molar-refractivity contribution < 1.29 is 13.2 Å². The summed E-state index contributed by atoms with van der Waals surface area (Å²) >= 11 is 0. The molecule has 1 N–H and O–H groups in total. The van der Waals surface area contributed by atoms with Gasteiger partial charge in [-0.3, -0.25) is 14.4 Å². The van der Waals surface area contributed by atoms with Gasteiger partial charge in [-0.2, -0.15) is 9.40 Å². The molecule has 4 heterocycles. The number of hydrogen-bond donors (Lipinski definition) is 1. The third-order valence-electron chi connectivity index (χ3n) is 8.18. The van der Waals surface area contributed by atoms with Crippen LogP contribution in [-0.2, 0) is 23.0 Å². The van der Waals surface area contributed by atoms with E-state index in [-0.39, 0.29) is 16.3 Å². The molecule has 13 heteroatoms. The summed E-state index contributed by atoms with van der Waals surface area (Å²) in [6.45, 7) is 12.4. The minimum Gasteiger partial charge on any atom is -0.493 e. The van der Waals surface area contributed by atoms with Gasteiger partial charge in [-0.25, -0.2) is 13.4 Å². The van der Waals surface area contributed by atoms with Crippen LogP contribution in [0.2, 0.25) is 0 Å². The van der Waals surface area contributed by atoms with Gasteiger partial charge in [0.05, 0.1) is 29.3 Å². The second kappa shape index (κ2) is 13.2. The lowest BCUT2D eigenvalue weighted by Crippen LogP contribution is -2.47.